The molecule has 0 aromatic heterocycles. The van der Waals surface area contributed by atoms with E-state index in [1.807, 2.05) is 0 Å². The second-order valence-electron chi connectivity index (χ2n) is 4.32. The lowest BCUT2D eigenvalue weighted by molar-refractivity contribution is -0.134. The van der Waals surface area contributed by atoms with Crippen LogP contribution in [0.1, 0.15) is 33.1 Å². The Morgan fingerprint density at radius 2 is 1.78 bits per heavy atom. The SMILES string of the molecule is CC(C)N(CCCO)S(=O)(=O)CCCC(F)(F)F. The Bertz CT molecular complexity index is 328. The Morgan fingerprint density at radius 1 is 1.22 bits per heavy atom. The van der Waals surface area contributed by atoms with Gasteiger partial charge >= 0.3 is 6.18 Å². The van der Waals surface area contributed by atoms with Gasteiger partial charge in [0.2, 0.25) is 10.0 Å². The van der Waals surface area contributed by atoms with Gasteiger partial charge < -0.3 is 5.11 Å². The number of halogens is 3. The normalized spacial score (nSPS) is 13.6. The van der Waals surface area contributed by atoms with Crippen molar-refractivity contribution >= 4 is 10.0 Å². The van der Waals surface area contributed by atoms with Crippen LogP contribution in [0.2, 0.25) is 0 Å². The Hall–Kier alpha value is -0.340. The zero-order chi connectivity index (χ0) is 14.4. The van der Waals surface area contributed by atoms with Crippen LogP contribution in [-0.2, 0) is 10.0 Å². The summed E-state index contributed by atoms with van der Waals surface area (Å²) in [4.78, 5) is 0. The fraction of sp³-hybridized carbons (Fsp3) is 1.00. The van der Waals surface area contributed by atoms with E-state index in [0.29, 0.717) is 0 Å². The van der Waals surface area contributed by atoms with Crippen LogP contribution in [0.15, 0.2) is 0 Å². The number of sulfonamides is 1. The number of rotatable bonds is 8. The highest BCUT2D eigenvalue weighted by molar-refractivity contribution is 7.89. The van der Waals surface area contributed by atoms with Crippen molar-refractivity contribution in [3.05, 3.63) is 0 Å². The van der Waals surface area contributed by atoms with Crippen LogP contribution in [0.5, 0.6) is 0 Å². The second kappa shape index (κ2) is 7.30. The first-order valence-electron chi connectivity index (χ1n) is 5.77. The van der Waals surface area contributed by atoms with E-state index in [-0.39, 0.29) is 25.6 Å². The molecule has 4 nitrogen and oxygen atoms in total. The average molecular weight is 291 g/mol. The lowest BCUT2D eigenvalue weighted by Crippen LogP contribution is -2.39. The minimum absolute atomic E-state index is 0.127. The molecule has 1 N–H and O–H groups in total. The van der Waals surface area contributed by atoms with Gasteiger partial charge in [-0.15, -0.1) is 0 Å². The van der Waals surface area contributed by atoms with Crippen LogP contribution in [-0.4, -0.2) is 49.0 Å². The molecule has 0 heterocycles. The first-order valence-corrected chi connectivity index (χ1v) is 7.38. The molecule has 0 unspecified atom stereocenters. The molecule has 0 spiro atoms. The van der Waals surface area contributed by atoms with Crippen molar-refractivity contribution in [1.29, 1.82) is 0 Å². The van der Waals surface area contributed by atoms with Gasteiger partial charge in [-0.3, -0.25) is 0 Å². The predicted molar refractivity (Wildman–Crippen MR) is 62.6 cm³/mol. The van der Waals surface area contributed by atoms with Gasteiger partial charge in [-0.25, -0.2) is 8.42 Å². The Morgan fingerprint density at radius 3 is 2.17 bits per heavy atom. The smallest absolute Gasteiger partial charge is 0.389 e. The van der Waals surface area contributed by atoms with Gasteiger partial charge in [0, 0.05) is 25.6 Å². The van der Waals surface area contributed by atoms with E-state index in [4.69, 9.17) is 5.11 Å². The molecule has 0 amide bonds. The van der Waals surface area contributed by atoms with Gasteiger partial charge in [-0.05, 0) is 26.7 Å². The minimum Gasteiger partial charge on any atom is -0.396 e. The predicted octanol–water partition coefficient (Wildman–Crippen LogP) is 1.75. The molecule has 0 saturated heterocycles. The van der Waals surface area contributed by atoms with E-state index in [2.05, 4.69) is 0 Å². The van der Waals surface area contributed by atoms with Crippen molar-refractivity contribution < 1.29 is 26.7 Å². The monoisotopic (exact) mass is 291 g/mol. The first kappa shape index (κ1) is 17.7. The molecule has 0 aromatic rings. The van der Waals surface area contributed by atoms with Crippen LogP contribution < -0.4 is 0 Å². The van der Waals surface area contributed by atoms with Crippen LogP contribution in [0.3, 0.4) is 0 Å². The number of aliphatic hydroxyl groups is 1. The molecule has 0 fully saturated rings. The third-order valence-electron chi connectivity index (χ3n) is 2.33. The van der Waals surface area contributed by atoms with Crippen LogP contribution in [0.25, 0.3) is 0 Å². The molecule has 0 aromatic carbocycles. The van der Waals surface area contributed by atoms with Gasteiger partial charge in [0.1, 0.15) is 0 Å². The highest BCUT2D eigenvalue weighted by atomic mass is 32.2. The summed E-state index contributed by atoms with van der Waals surface area (Å²) in [6.45, 7) is 3.28. The van der Waals surface area contributed by atoms with E-state index < -0.39 is 34.8 Å². The van der Waals surface area contributed by atoms with Gasteiger partial charge in [-0.1, -0.05) is 0 Å². The quantitative estimate of drug-likeness (QED) is 0.741. The second-order valence-corrected chi connectivity index (χ2v) is 6.36. The summed E-state index contributed by atoms with van der Waals surface area (Å²) in [5.41, 5.74) is 0. The maximum atomic E-state index is 12.0. The number of aliphatic hydroxyl groups excluding tert-OH is 1. The molecule has 0 saturated carbocycles. The molecule has 110 valence electrons. The van der Waals surface area contributed by atoms with Crippen LogP contribution in [0.4, 0.5) is 13.2 Å². The highest BCUT2D eigenvalue weighted by Crippen LogP contribution is 2.22. The Labute approximate surface area is 106 Å². The van der Waals surface area contributed by atoms with Crippen molar-refractivity contribution in [2.75, 3.05) is 18.9 Å². The zero-order valence-corrected chi connectivity index (χ0v) is 11.4. The fourth-order valence-electron chi connectivity index (χ4n) is 1.52. The number of alkyl halides is 3. The van der Waals surface area contributed by atoms with Gasteiger partial charge in [-0.2, -0.15) is 17.5 Å². The standard InChI is InChI=1S/C10H20F3NO3S/c1-9(2)14(6-4-7-15)18(16,17)8-3-5-10(11,12)13/h9,15H,3-8H2,1-2H3. The Kier molecular flexibility index (Phi) is 7.16. The maximum absolute atomic E-state index is 12.0. The van der Waals surface area contributed by atoms with Gasteiger partial charge in [0.05, 0.1) is 5.75 Å². The van der Waals surface area contributed by atoms with Crippen molar-refractivity contribution in [3.8, 4) is 0 Å². The van der Waals surface area contributed by atoms with Crippen molar-refractivity contribution in [3.63, 3.8) is 0 Å². The topological polar surface area (TPSA) is 57.6 Å². The van der Waals surface area contributed by atoms with Crippen molar-refractivity contribution in [2.45, 2.75) is 45.3 Å². The summed E-state index contributed by atoms with van der Waals surface area (Å²) in [5.74, 6) is -0.518. The van der Waals surface area contributed by atoms with Gasteiger partial charge in [0.25, 0.3) is 0 Å². The summed E-state index contributed by atoms with van der Waals surface area (Å²) in [7, 11) is -3.69. The van der Waals surface area contributed by atoms with Crippen LogP contribution >= 0.6 is 0 Å². The van der Waals surface area contributed by atoms with E-state index in [9.17, 15) is 21.6 Å². The molecule has 0 radical (unpaired) electrons. The van der Waals surface area contributed by atoms with Crippen molar-refractivity contribution in [2.24, 2.45) is 0 Å². The molecule has 18 heavy (non-hydrogen) atoms. The fourth-order valence-corrected chi connectivity index (χ4v) is 3.31. The number of hydrogen-bond acceptors (Lipinski definition) is 3. The van der Waals surface area contributed by atoms with E-state index in [0.717, 1.165) is 4.31 Å². The summed E-state index contributed by atoms with van der Waals surface area (Å²) in [6, 6.07) is -0.326. The number of hydrogen-bond donors (Lipinski definition) is 1. The molecule has 0 rings (SSSR count). The zero-order valence-electron chi connectivity index (χ0n) is 10.6. The molecule has 0 aliphatic carbocycles. The molecule has 0 atom stereocenters. The highest BCUT2D eigenvalue weighted by Gasteiger charge is 2.29. The van der Waals surface area contributed by atoms with Crippen LogP contribution in [0, 0.1) is 0 Å². The van der Waals surface area contributed by atoms with E-state index >= 15 is 0 Å². The molecule has 0 aliphatic heterocycles. The number of nitrogens with zero attached hydrogens (tertiary/aromatic N) is 1. The molecular formula is C10H20F3NO3S. The van der Waals surface area contributed by atoms with Gasteiger partial charge in [0.15, 0.2) is 0 Å². The lowest BCUT2D eigenvalue weighted by atomic mass is 10.3. The molecule has 8 heteroatoms. The summed E-state index contributed by atoms with van der Waals surface area (Å²) in [6.07, 6.45) is -5.59. The largest absolute Gasteiger partial charge is 0.396 e. The molecule has 0 bridgehead atoms. The third-order valence-corrected chi connectivity index (χ3v) is 4.46. The summed E-state index contributed by atoms with van der Waals surface area (Å²) < 4.78 is 60.7. The average Bonchev–Trinajstić information content (AvgIpc) is 2.14. The molecular weight excluding hydrogens is 271 g/mol. The summed E-state index contributed by atoms with van der Waals surface area (Å²) >= 11 is 0. The lowest BCUT2D eigenvalue weighted by Gasteiger charge is -2.25. The third kappa shape index (κ3) is 7.17. The first-order chi connectivity index (χ1) is 8.10. The van der Waals surface area contributed by atoms with Crippen molar-refractivity contribution in [1.82, 2.24) is 4.31 Å². The molecule has 0 aliphatic rings. The minimum atomic E-state index is -4.33. The van der Waals surface area contributed by atoms with E-state index in [1.165, 1.54) is 0 Å². The summed E-state index contributed by atoms with van der Waals surface area (Å²) in [5, 5.41) is 8.68. The Balaban J connectivity index is 4.47. The van der Waals surface area contributed by atoms with E-state index in [1.54, 1.807) is 13.8 Å². The maximum Gasteiger partial charge on any atom is 0.389 e.